The minimum absolute atomic E-state index is 0.00578. The topological polar surface area (TPSA) is 32.5 Å². The maximum atomic E-state index is 6.13. The Balaban J connectivity index is 1.49. The number of aromatic nitrogens is 1. The Bertz CT molecular complexity index is 1710. The van der Waals surface area contributed by atoms with Crippen LogP contribution in [0.1, 0.15) is 35.8 Å². The van der Waals surface area contributed by atoms with Crippen molar-refractivity contribution in [2.75, 3.05) is 9.80 Å². The molecule has 2 unspecified atom stereocenters. The first-order valence-corrected chi connectivity index (χ1v) is 13.2. The predicted molar refractivity (Wildman–Crippen MR) is 155 cm³/mol. The van der Waals surface area contributed by atoms with Crippen molar-refractivity contribution in [2.45, 2.75) is 32.1 Å². The van der Waals surface area contributed by atoms with E-state index in [1.54, 1.807) is 6.20 Å². The Morgan fingerprint density at radius 1 is 0.684 bits per heavy atom. The third-order valence-corrected chi connectivity index (χ3v) is 7.86. The predicted octanol–water partition coefficient (Wildman–Crippen LogP) is 8.44. The lowest BCUT2D eigenvalue weighted by molar-refractivity contribution is 0.631. The minimum Gasteiger partial charge on any atom is -0.438 e. The Morgan fingerprint density at radius 2 is 1.34 bits per heavy atom. The highest BCUT2D eigenvalue weighted by Crippen LogP contribution is 2.51. The molecule has 2 aromatic heterocycles. The summed E-state index contributed by atoms with van der Waals surface area (Å²) >= 11 is 0. The molecule has 7 rings (SSSR count). The van der Waals surface area contributed by atoms with Crippen LogP contribution >= 0.6 is 0 Å². The Labute approximate surface area is 222 Å². The Kier molecular flexibility index (Phi) is 5.40. The van der Waals surface area contributed by atoms with Crippen LogP contribution in [-0.4, -0.2) is 11.0 Å². The van der Waals surface area contributed by atoms with Crippen molar-refractivity contribution in [2.24, 2.45) is 0 Å². The molecule has 186 valence electrons. The first-order chi connectivity index (χ1) is 18.7. The lowest BCUT2D eigenvalue weighted by Gasteiger charge is -2.35. The molecule has 3 heterocycles. The molecule has 0 aliphatic carbocycles. The first-order valence-electron chi connectivity index (χ1n) is 13.2. The van der Waals surface area contributed by atoms with Gasteiger partial charge in [-0.05, 0) is 66.9 Å². The van der Waals surface area contributed by atoms with E-state index in [1.807, 2.05) is 6.07 Å². The number of hydrogen-bond acceptors (Lipinski definition) is 4. The fourth-order valence-electron chi connectivity index (χ4n) is 6.21. The highest BCUT2D eigenvalue weighted by molar-refractivity contribution is 6.05. The quantitative estimate of drug-likeness (QED) is 0.246. The van der Waals surface area contributed by atoms with E-state index in [0.29, 0.717) is 5.71 Å². The second-order valence-corrected chi connectivity index (χ2v) is 10.1. The summed E-state index contributed by atoms with van der Waals surface area (Å²) in [6.07, 6.45) is 1.79. The van der Waals surface area contributed by atoms with Crippen LogP contribution in [0.3, 0.4) is 0 Å². The van der Waals surface area contributed by atoms with Crippen molar-refractivity contribution >= 4 is 33.4 Å². The molecule has 1 saturated heterocycles. The minimum atomic E-state index is 0.00578. The second-order valence-electron chi connectivity index (χ2n) is 10.1. The van der Waals surface area contributed by atoms with Gasteiger partial charge in [-0.2, -0.15) is 0 Å². The van der Waals surface area contributed by atoms with E-state index in [2.05, 4.69) is 138 Å². The number of benzene rings is 4. The fourth-order valence-corrected chi connectivity index (χ4v) is 6.21. The molecule has 4 aromatic carbocycles. The van der Waals surface area contributed by atoms with E-state index in [9.17, 15) is 0 Å². The normalized spacial score (nSPS) is 19.5. The van der Waals surface area contributed by atoms with E-state index in [4.69, 9.17) is 4.42 Å². The zero-order chi connectivity index (χ0) is 25.6. The summed E-state index contributed by atoms with van der Waals surface area (Å²) in [5.41, 5.74) is 7.74. The molecule has 0 spiro atoms. The summed E-state index contributed by atoms with van der Waals surface area (Å²) in [4.78, 5) is 9.66. The van der Waals surface area contributed by atoms with Crippen molar-refractivity contribution in [1.29, 1.82) is 0 Å². The van der Waals surface area contributed by atoms with Crippen molar-refractivity contribution in [3.63, 3.8) is 0 Å². The molecule has 0 radical (unpaired) electrons. The second kappa shape index (κ2) is 9.07. The Morgan fingerprint density at radius 3 is 2.05 bits per heavy atom. The summed E-state index contributed by atoms with van der Waals surface area (Å²) in [6, 6.07) is 41.5. The highest BCUT2D eigenvalue weighted by Gasteiger charge is 2.47. The fraction of sp³-hybridized carbons (Fsp3) is 0.147. The van der Waals surface area contributed by atoms with Gasteiger partial charge in [0.05, 0.1) is 12.1 Å². The number of nitrogens with zero attached hydrogens (tertiary/aromatic N) is 3. The third-order valence-electron chi connectivity index (χ3n) is 7.86. The Hall–Kier alpha value is -4.57. The maximum Gasteiger partial charge on any atom is 0.227 e. The molecule has 1 aliphatic rings. The molecule has 0 saturated carbocycles. The summed E-state index contributed by atoms with van der Waals surface area (Å²) < 4.78 is 6.13. The monoisotopic (exact) mass is 495 g/mol. The number of aryl methyl sites for hydroxylation is 1. The standard InChI is InChI=1S/C34H29N3O/c1-23-21-31-29(28-19-12-20-35-33(28)38-31)22-30(23)36-24(2)32(25-13-6-3-7-14-25)37(27-17-10-5-11-18-27)34(36)26-15-8-4-9-16-26/h3-22,24,32,34H,1-2H3/t24-,32?,34?/m0/s1. The van der Waals surface area contributed by atoms with Crippen LogP contribution in [0.2, 0.25) is 0 Å². The summed E-state index contributed by atoms with van der Waals surface area (Å²) in [5.74, 6) is 0. The molecule has 3 atom stereocenters. The lowest BCUT2D eigenvalue weighted by Crippen LogP contribution is -2.33. The zero-order valence-electron chi connectivity index (χ0n) is 21.5. The van der Waals surface area contributed by atoms with Gasteiger partial charge in [-0.1, -0.05) is 78.9 Å². The average Bonchev–Trinajstić information content (AvgIpc) is 3.48. The molecule has 4 nitrogen and oxygen atoms in total. The molecular weight excluding hydrogens is 466 g/mol. The van der Waals surface area contributed by atoms with Gasteiger partial charge in [0.2, 0.25) is 5.71 Å². The van der Waals surface area contributed by atoms with Gasteiger partial charge in [0.1, 0.15) is 11.7 Å². The van der Waals surface area contributed by atoms with E-state index >= 15 is 0 Å². The molecule has 0 N–H and O–H groups in total. The van der Waals surface area contributed by atoms with Gasteiger partial charge in [0.15, 0.2) is 0 Å². The van der Waals surface area contributed by atoms with E-state index in [-0.39, 0.29) is 18.2 Å². The average molecular weight is 496 g/mol. The molecule has 1 aliphatic heterocycles. The summed E-state index contributed by atoms with van der Waals surface area (Å²) in [5, 5.41) is 2.15. The van der Waals surface area contributed by atoms with Crippen LogP contribution in [0.25, 0.3) is 22.1 Å². The van der Waals surface area contributed by atoms with E-state index in [0.717, 1.165) is 16.4 Å². The maximum absolute atomic E-state index is 6.13. The van der Waals surface area contributed by atoms with Gasteiger partial charge in [-0.25, -0.2) is 4.98 Å². The summed E-state index contributed by atoms with van der Waals surface area (Å²) in [7, 11) is 0. The van der Waals surface area contributed by atoms with Crippen LogP contribution in [-0.2, 0) is 0 Å². The number of hydrogen-bond donors (Lipinski definition) is 0. The molecule has 4 heteroatoms. The summed E-state index contributed by atoms with van der Waals surface area (Å²) in [6.45, 7) is 4.54. The third kappa shape index (κ3) is 3.56. The number of rotatable bonds is 4. The van der Waals surface area contributed by atoms with Crippen LogP contribution in [0.5, 0.6) is 0 Å². The SMILES string of the molecule is Cc1cc2oc3ncccc3c2cc1N1C(c2ccccc2)N(c2ccccc2)C(c2ccccc2)[C@@H]1C. The van der Waals surface area contributed by atoms with E-state index in [1.165, 1.54) is 28.1 Å². The van der Waals surface area contributed by atoms with Crippen molar-refractivity contribution < 1.29 is 4.42 Å². The van der Waals surface area contributed by atoms with Crippen LogP contribution in [0.15, 0.2) is 126 Å². The van der Waals surface area contributed by atoms with Crippen LogP contribution in [0.4, 0.5) is 11.4 Å². The molecule has 38 heavy (non-hydrogen) atoms. The first kappa shape index (κ1) is 22.6. The number of fused-ring (bicyclic) bond motifs is 3. The number of anilines is 2. The molecule has 0 amide bonds. The van der Waals surface area contributed by atoms with E-state index < -0.39 is 0 Å². The van der Waals surface area contributed by atoms with Gasteiger partial charge in [-0.3, -0.25) is 0 Å². The van der Waals surface area contributed by atoms with Crippen molar-refractivity contribution in [1.82, 2.24) is 4.98 Å². The van der Waals surface area contributed by atoms with Crippen molar-refractivity contribution in [3.8, 4) is 0 Å². The number of furan rings is 1. The van der Waals surface area contributed by atoms with Gasteiger partial charge >= 0.3 is 0 Å². The van der Waals surface area contributed by atoms with Crippen LogP contribution < -0.4 is 9.80 Å². The smallest absolute Gasteiger partial charge is 0.227 e. The van der Waals surface area contributed by atoms with Gasteiger partial charge in [0.25, 0.3) is 0 Å². The zero-order valence-corrected chi connectivity index (χ0v) is 21.5. The number of para-hydroxylation sites is 1. The molecule has 1 fully saturated rings. The van der Waals surface area contributed by atoms with Gasteiger partial charge < -0.3 is 14.2 Å². The van der Waals surface area contributed by atoms with Crippen LogP contribution in [0, 0.1) is 6.92 Å². The largest absolute Gasteiger partial charge is 0.438 e. The molecule has 6 aromatic rings. The molecular formula is C34H29N3O. The number of pyridine rings is 1. The lowest BCUT2D eigenvalue weighted by atomic mass is 9.99. The van der Waals surface area contributed by atoms with Crippen molar-refractivity contribution in [3.05, 3.63) is 138 Å². The molecule has 0 bridgehead atoms. The van der Waals surface area contributed by atoms with Gasteiger partial charge in [0, 0.05) is 28.3 Å². The highest BCUT2D eigenvalue weighted by atomic mass is 16.3. The van der Waals surface area contributed by atoms with Gasteiger partial charge in [-0.15, -0.1) is 0 Å².